The fourth-order valence-electron chi connectivity index (χ4n) is 1.76. The molecule has 0 amide bonds. The van der Waals surface area contributed by atoms with Crippen molar-refractivity contribution >= 4 is 5.69 Å². The zero-order valence-electron chi connectivity index (χ0n) is 8.78. The van der Waals surface area contributed by atoms with Gasteiger partial charge in [0.2, 0.25) is 5.88 Å². The average Bonchev–Trinajstić information content (AvgIpc) is 2.50. The van der Waals surface area contributed by atoms with Crippen molar-refractivity contribution in [2.24, 2.45) is 0 Å². The lowest BCUT2D eigenvalue weighted by atomic mass is 10.1. The van der Waals surface area contributed by atoms with Gasteiger partial charge in [-0.3, -0.25) is 0 Å². The summed E-state index contributed by atoms with van der Waals surface area (Å²) in [6.45, 7) is 2.09. The quantitative estimate of drug-likeness (QED) is 0.764. The number of hydrogen-bond acceptors (Lipinski definition) is 4. The highest BCUT2D eigenvalue weighted by molar-refractivity contribution is 5.46. The Bertz CT molecular complexity index is 308. The second-order valence-corrected chi connectivity index (χ2v) is 3.82. The van der Waals surface area contributed by atoms with E-state index in [1.54, 1.807) is 6.20 Å². The van der Waals surface area contributed by atoms with Crippen LogP contribution in [0, 0.1) is 0 Å². The molecule has 15 heavy (non-hydrogen) atoms. The highest BCUT2D eigenvalue weighted by atomic mass is 16.5. The fourth-order valence-corrected chi connectivity index (χ4v) is 1.76. The summed E-state index contributed by atoms with van der Waals surface area (Å²) in [5, 5.41) is 3.35. The lowest BCUT2D eigenvalue weighted by molar-refractivity contribution is 0.181. The highest BCUT2D eigenvalue weighted by Crippen LogP contribution is 2.20. The number of nitrogens with one attached hydrogen (secondary N) is 1. The van der Waals surface area contributed by atoms with E-state index >= 15 is 0 Å². The van der Waals surface area contributed by atoms with Crippen LogP contribution in [0.5, 0.6) is 5.88 Å². The van der Waals surface area contributed by atoms with Crippen LogP contribution in [-0.4, -0.2) is 24.2 Å². The maximum atomic E-state index is 5.79. The van der Waals surface area contributed by atoms with Crippen molar-refractivity contribution in [3.63, 3.8) is 0 Å². The van der Waals surface area contributed by atoms with Gasteiger partial charge in [0.25, 0.3) is 0 Å². The number of aromatic nitrogens is 1. The van der Waals surface area contributed by atoms with Crippen molar-refractivity contribution in [1.29, 1.82) is 0 Å². The molecule has 1 atom stereocenters. The third kappa shape index (κ3) is 2.83. The molecule has 1 aromatic rings. The number of rotatable bonds is 2. The summed E-state index contributed by atoms with van der Waals surface area (Å²) in [5.41, 5.74) is 6.39. The van der Waals surface area contributed by atoms with Crippen molar-refractivity contribution in [2.45, 2.75) is 25.4 Å². The molecule has 1 unspecified atom stereocenters. The van der Waals surface area contributed by atoms with Crippen LogP contribution in [0.1, 0.15) is 19.3 Å². The number of ether oxygens (including phenoxy) is 1. The molecule has 0 aromatic carbocycles. The molecule has 1 aromatic heterocycles. The predicted molar refractivity (Wildman–Crippen MR) is 59.8 cm³/mol. The molecule has 2 heterocycles. The Morgan fingerprint density at radius 1 is 1.40 bits per heavy atom. The van der Waals surface area contributed by atoms with Gasteiger partial charge in [-0.25, -0.2) is 4.98 Å². The smallest absolute Gasteiger partial charge is 0.237 e. The number of hydrogen-bond donors (Lipinski definition) is 2. The SMILES string of the molecule is Nc1cccnc1OC1CCCNCC1. The number of pyridine rings is 1. The Balaban J connectivity index is 1.98. The van der Waals surface area contributed by atoms with Gasteiger partial charge in [-0.2, -0.15) is 0 Å². The van der Waals surface area contributed by atoms with E-state index < -0.39 is 0 Å². The van der Waals surface area contributed by atoms with Crippen molar-refractivity contribution < 1.29 is 4.74 Å². The zero-order valence-corrected chi connectivity index (χ0v) is 8.78. The molecule has 1 aliphatic rings. The Hall–Kier alpha value is -1.29. The van der Waals surface area contributed by atoms with E-state index in [2.05, 4.69) is 10.3 Å². The van der Waals surface area contributed by atoms with Gasteiger partial charge in [-0.05, 0) is 44.5 Å². The van der Waals surface area contributed by atoms with Gasteiger partial charge in [0.1, 0.15) is 6.10 Å². The molecule has 1 fully saturated rings. The molecule has 1 saturated heterocycles. The van der Waals surface area contributed by atoms with Crippen LogP contribution in [0.3, 0.4) is 0 Å². The summed E-state index contributed by atoms with van der Waals surface area (Å²) >= 11 is 0. The standard InChI is InChI=1S/C11H17N3O/c12-10-4-2-7-14-11(10)15-9-3-1-6-13-8-5-9/h2,4,7,9,13H,1,3,5-6,8,12H2. The maximum Gasteiger partial charge on any atom is 0.237 e. The number of nitrogens with two attached hydrogens (primary N) is 1. The number of anilines is 1. The van der Waals surface area contributed by atoms with Gasteiger partial charge < -0.3 is 15.8 Å². The molecule has 0 spiro atoms. The van der Waals surface area contributed by atoms with E-state index in [-0.39, 0.29) is 6.10 Å². The van der Waals surface area contributed by atoms with Crippen LogP contribution >= 0.6 is 0 Å². The first-order valence-corrected chi connectivity index (χ1v) is 5.44. The number of nitrogens with zero attached hydrogens (tertiary/aromatic N) is 1. The van der Waals surface area contributed by atoms with Gasteiger partial charge >= 0.3 is 0 Å². The molecule has 1 aliphatic heterocycles. The maximum absolute atomic E-state index is 5.79. The van der Waals surface area contributed by atoms with E-state index in [0.29, 0.717) is 11.6 Å². The first-order valence-electron chi connectivity index (χ1n) is 5.44. The molecule has 0 bridgehead atoms. The molecule has 2 rings (SSSR count). The van der Waals surface area contributed by atoms with Crippen LogP contribution in [0.4, 0.5) is 5.69 Å². The third-order valence-corrected chi connectivity index (χ3v) is 2.60. The summed E-state index contributed by atoms with van der Waals surface area (Å²) in [5.74, 6) is 0.574. The summed E-state index contributed by atoms with van der Waals surface area (Å²) in [6.07, 6.45) is 5.20. The van der Waals surface area contributed by atoms with Gasteiger partial charge in [0, 0.05) is 6.20 Å². The molecule has 82 valence electrons. The summed E-state index contributed by atoms with van der Waals surface area (Å²) in [7, 11) is 0. The summed E-state index contributed by atoms with van der Waals surface area (Å²) in [6, 6.07) is 3.63. The van der Waals surface area contributed by atoms with E-state index in [1.807, 2.05) is 12.1 Å². The van der Waals surface area contributed by atoms with Crippen LogP contribution in [-0.2, 0) is 0 Å². The van der Waals surface area contributed by atoms with Crippen molar-refractivity contribution in [1.82, 2.24) is 10.3 Å². The minimum atomic E-state index is 0.247. The molecule has 0 aliphatic carbocycles. The minimum Gasteiger partial charge on any atom is -0.473 e. The zero-order chi connectivity index (χ0) is 10.5. The molecule has 0 saturated carbocycles. The van der Waals surface area contributed by atoms with Crippen LogP contribution < -0.4 is 15.8 Å². The molecular formula is C11H17N3O. The number of nitrogen functional groups attached to an aromatic ring is 1. The van der Waals surface area contributed by atoms with E-state index in [0.717, 1.165) is 32.4 Å². The second kappa shape index (κ2) is 4.98. The van der Waals surface area contributed by atoms with Crippen LogP contribution in [0.2, 0.25) is 0 Å². The van der Waals surface area contributed by atoms with Gasteiger partial charge in [0.05, 0.1) is 5.69 Å². The first kappa shape index (κ1) is 10.2. The second-order valence-electron chi connectivity index (χ2n) is 3.82. The van der Waals surface area contributed by atoms with Crippen molar-refractivity contribution in [3.05, 3.63) is 18.3 Å². The normalized spacial score (nSPS) is 22.0. The van der Waals surface area contributed by atoms with Crippen LogP contribution in [0.25, 0.3) is 0 Å². The van der Waals surface area contributed by atoms with E-state index in [9.17, 15) is 0 Å². The van der Waals surface area contributed by atoms with E-state index in [1.165, 1.54) is 0 Å². The van der Waals surface area contributed by atoms with Gasteiger partial charge in [0.15, 0.2) is 0 Å². The predicted octanol–water partition coefficient (Wildman–Crippen LogP) is 1.18. The van der Waals surface area contributed by atoms with E-state index in [4.69, 9.17) is 10.5 Å². The highest BCUT2D eigenvalue weighted by Gasteiger charge is 2.14. The fraction of sp³-hybridized carbons (Fsp3) is 0.545. The molecule has 4 nitrogen and oxygen atoms in total. The first-order chi connectivity index (χ1) is 7.36. The lowest BCUT2D eigenvalue weighted by Gasteiger charge is -2.16. The minimum absolute atomic E-state index is 0.247. The molecule has 4 heteroatoms. The summed E-state index contributed by atoms with van der Waals surface area (Å²) < 4.78 is 5.79. The van der Waals surface area contributed by atoms with Gasteiger partial charge in [-0.15, -0.1) is 0 Å². The van der Waals surface area contributed by atoms with Crippen molar-refractivity contribution in [2.75, 3.05) is 18.8 Å². The molecule has 3 N–H and O–H groups in total. The lowest BCUT2D eigenvalue weighted by Crippen LogP contribution is -2.20. The van der Waals surface area contributed by atoms with Crippen molar-refractivity contribution in [3.8, 4) is 5.88 Å². The Morgan fingerprint density at radius 3 is 3.20 bits per heavy atom. The Labute approximate surface area is 89.8 Å². The largest absolute Gasteiger partial charge is 0.473 e. The summed E-state index contributed by atoms with van der Waals surface area (Å²) in [4.78, 5) is 4.14. The van der Waals surface area contributed by atoms with Gasteiger partial charge in [-0.1, -0.05) is 0 Å². The molecular weight excluding hydrogens is 190 g/mol. The Kier molecular flexibility index (Phi) is 3.40. The third-order valence-electron chi connectivity index (χ3n) is 2.60. The Morgan fingerprint density at radius 2 is 2.33 bits per heavy atom. The van der Waals surface area contributed by atoms with Crippen LogP contribution in [0.15, 0.2) is 18.3 Å². The topological polar surface area (TPSA) is 60.2 Å². The average molecular weight is 207 g/mol. The molecule has 0 radical (unpaired) electrons. The monoisotopic (exact) mass is 207 g/mol.